The number of rotatable bonds is 6. The van der Waals surface area contributed by atoms with E-state index in [2.05, 4.69) is 38.8 Å². The molecule has 5 heteroatoms. The van der Waals surface area contributed by atoms with E-state index in [1.807, 2.05) is 29.1 Å². The molecule has 0 bridgehead atoms. The SMILES string of the molecule is c1ccc2nc(CNCCCn3ccnn3)ccc2c1. The first-order chi connectivity index (χ1) is 9.92. The molecule has 102 valence electrons. The van der Waals surface area contributed by atoms with Crippen molar-refractivity contribution in [3.8, 4) is 0 Å². The van der Waals surface area contributed by atoms with Crippen LogP contribution in [0, 0.1) is 0 Å². The number of nitrogens with zero attached hydrogens (tertiary/aromatic N) is 4. The summed E-state index contributed by atoms with van der Waals surface area (Å²) in [6.07, 6.45) is 4.61. The van der Waals surface area contributed by atoms with Gasteiger partial charge in [-0.15, -0.1) is 5.10 Å². The molecule has 0 aliphatic carbocycles. The van der Waals surface area contributed by atoms with Crippen molar-refractivity contribution in [2.24, 2.45) is 0 Å². The third-order valence-corrected chi connectivity index (χ3v) is 3.17. The van der Waals surface area contributed by atoms with Gasteiger partial charge in [0, 0.05) is 24.7 Å². The number of benzene rings is 1. The molecule has 1 aromatic carbocycles. The van der Waals surface area contributed by atoms with Gasteiger partial charge in [-0.3, -0.25) is 9.67 Å². The monoisotopic (exact) mass is 267 g/mol. The molecule has 2 aromatic heterocycles. The van der Waals surface area contributed by atoms with Gasteiger partial charge in [0.25, 0.3) is 0 Å². The fourth-order valence-corrected chi connectivity index (χ4v) is 2.14. The topological polar surface area (TPSA) is 55.6 Å². The lowest BCUT2D eigenvalue weighted by atomic mass is 10.2. The van der Waals surface area contributed by atoms with Gasteiger partial charge in [0.15, 0.2) is 0 Å². The van der Waals surface area contributed by atoms with Crippen molar-refractivity contribution in [1.29, 1.82) is 0 Å². The van der Waals surface area contributed by atoms with E-state index in [1.54, 1.807) is 6.20 Å². The highest BCUT2D eigenvalue weighted by molar-refractivity contribution is 5.78. The summed E-state index contributed by atoms with van der Waals surface area (Å²) >= 11 is 0. The van der Waals surface area contributed by atoms with E-state index in [0.29, 0.717) is 0 Å². The van der Waals surface area contributed by atoms with Crippen LogP contribution in [-0.2, 0) is 13.1 Å². The van der Waals surface area contributed by atoms with Gasteiger partial charge in [-0.25, -0.2) is 0 Å². The van der Waals surface area contributed by atoms with Crippen LogP contribution >= 0.6 is 0 Å². The molecular weight excluding hydrogens is 250 g/mol. The molecule has 0 spiro atoms. The van der Waals surface area contributed by atoms with Crippen LogP contribution in [0.2, 0.25) is 0 Å². The minimum absolute atomic E-state index is 0.794. The predicted molar refractivity (Wildman–Crippen MR) is 78.1 cm³/mol. The van der Waals surface area contributed by atoms with Crippen molar-refractivity contribution in [3.05, 3.63) is 54.5 Å². The highest BCUT2D eigenvalue weighted by Gasteiger charge is 1.98. The number of para-hydroxylation sites is 1. The van der Waals surface area contributed by atoms with Crippen LogP contribution in [0.25, 0.3) is 10.9 Å². The largest absolute Gasteiger partial charge is 0.311 e. The van der Waals surface area contributed by atoms with E-state index < -0.39 is 0 Å². The number of pyridine rings is 1. The molecule has 0 aliphatic heterocycles. The molecule has 0 saturated carbocycles. The molecular formula is C15H17N5. The number of fused-ring (bicyclic) bond motifs is 1. The standard InChI is InChI=1S/C15H17N5/c1-2-5-15-13(4-1)6-7-14(18-15)12-16-8-3-10-20-11-9-17-19-20/h1-2,4-7,9,11,16H,3,8,10,12H2. The summed E-state index contributed by atoms with van der Waals surface area (Å²) in [4.78, 5) is 4.63. The molecule has 1 N–H and O–H groups in total. The zero-order valence-corrected chi connectivity index (χ0v) is 11.2. The smallest absolute Gasteiger partial charge is 0.0705 e. The normalized spacial score (nSPS) is 11.0. The minimum atomic E-state index is 0.794. The van der Waals surface area contributed by atoms with Gasteiger partial charge in [-0.2, -0.15) is 0 Å². The fraction of sp³-hybridized carbons (Fsp3) is 0.267. The number of hydrogen-bond acceptors (Lipinski definition) is 4. The average molecular weight is 267 g/mol. The molecule has 0 atom stereocenters. The van der Waals surface area contributed by atoms with E-state index in [9.17, 15) is 0 Å². The Hall–Kier alpha value is -2.27. The Morgan fingerprint density at radius 1 is 1.10 bits per heavy atom. The fourth-order valence-electron chi connectivity index (χ4n) is 2.14. The second kappa shape index (κ2) is 6.25. The van der Waals surface area contributed by atoms with Crippen LogP contribution in [0.3, 0.4) is 0 Å². The molecule has 0 aliphatic rings. The maximum Gasteiger partial charge on any atom is 0.0705 e. The molecule has 0 fully saturated rings. The summed E-state index contributed by atoms with van der Waals surface area (Å²) in [6.45, 7) is 2.62. The predicted octanol–water partition coefficient (Wildman–Crippen LogP) is 2.01. The summed E-state index contributed by atoms with van der Waals surface area (Å²) in [5.74, 6) is 0. The van der Waals surface area contributed by atoms with Gasteiger partial charge < -0.3 is 5.32 Å². The van der Waals surface area contributed by atoms with Crippen LogP contribution in [-0.4, -0.2) is 26.5 Å². The third-order valence-electron chi connectivity index (χ3n) is 3.17. The van der Waals surface area contributed by atoms with Gasteiger partial charge >= 0.3 is 0 Å². The Balaban J connectivity index is 1.47. The summed E-state index contributed by atoms with van der Waals surface area (Å²) in [5.41, 5.74) is 2.12. The van der Waals surface area contributed by atoms with Crippen molar-refractivity contribution < 1.29 is 0 Å². The van der Waals surface area contributed by atoms with Crippen LogP contribution in [0.15, 0.2) is 48.8 Å². The van der Waals surface area contributed by atoms with Crippen LogP contribution in [0.4, 0.5) is 0 Å². The first kappa shape index (κ1) is 12.7. The summed E-state index contributed by atoms with van der Waals surface area (Å²) in [7, 11) is 0. The van der Waals surface area contributed by atoms with Crippen molar-refractivity contribution in [1.82, 2.24) is 25.3 Å². The van der Waals surface area contributed by atoms with Crippen molar-refractivity contribution in [2.75, 3.05) is 6.54 Å². The van der Waals surface area contributed by atoms with Gasteiger partial charge in [-0.1, -0.05) is 29.5 Å². The molecule has 3 aromatic rings. The molecule has 0 radical (unpaired) electrons. The Morgan fingerprint density at radius 2 is 2.05 bits per heavy atom. The summed E-state index contributed by atoms with van der Waals surface area (Å²) in [6, 6.07) is 12.4. The molecule has 20 heavy (non-hydrogen) atoms. The second-order valence-electron chi connectivity index (χ2n) is 4.69. The van der Waals surface area contributed by atoms with Gasteiger partial charge in [0.1, 0.15) is 0 Å². The van der Waals surface area contributed by atoms with Crippen molar-refractivity contribution in [3.63, 3.8) is 0 Å². The Labute approximate surface area is 117 Å². The van der Waals surface area contributed by atoms with Gasteiger partial charge in [0.05, 0.1) is 17.4 Å². The number of nitrogens with one attached hydrogen (secondary N) is 1. The number of aryl methyl sites for hydroxylation is 1. The lowest BCUT2D eigenvalue weighted by Crippen LogP contribution is -2.17. The van der Waals surface area contributed by atoms with E-state index >= 15 is 0 Å². The minimum Gasteiger partial charge on any atom is -0.311 e. The highest BCUT2D eigenvalue weighted by Crippen LogP contribution is 2.11. The quantitative estimate of drug-likeness (QED) is 0.694. The highest BCUT2D eigenvalue weighted by atomic mass is 15.4. The van der Waals surface area contributed by atoms with E-state index in [4.69, 9.17) is 0 Å². The van der Waals surface area contributed by atoms with Gasteiger partial charge in [-0.05, 0) is 25.1 Å². The molecule has 0 amide bonds. The Kier molecular flexibility index (Phi) is 3.99. The Bertz CT molecular complexity index is 663. The van der Waals surface area contributed by atoms with E-state index in [0.717, 1.165) is 37.3 Å². The van der Waals surface area contributed by atoms with Crippen LogP contribution in [0.1, 0.15) is 12.1 Å². The molecule has 0 saturated heterocycles. The molecule has 2 heterocycles. The van der Waals surface area contributed by atoms with Crippen molar-refractivity contribution in [2.45, 2.75) is 19.5 Å². The molecule has 5 nitrogen and oxygen atoms in total. The van der Waals surface area contributed by atoms with E-state index in [-0.39, 0.29) is 0 Å². The number of hydrogen-bond donors (Lipinski definition) is 1. The average Bonchev–Trinajstić information content (AvgIpc) is 3.00. The van der Waals surface area contributed by atoms with Crippen molar-refractivity contribution >= 4 is 10.9 Å². The zero-order valence-electron chi connectivity index (χ0n) is 11.2. The zero-order chi connectivity index (χ0) is 13.6. The second-order valence-corrected chi connectivity index (χ2v) is 4.69. The molecule has 3 rings (SSSR count). The third kappa shape index (κ3) is 3.19. The first-order valence-corrected chi connectivity index (χ1v) is 6.81. The maximum absolute atomic E-state index is 4.63. The Morgan fingerprint density at radius 3 is 2.95 bits per heavy atom. The van der Waals surface area contributed by atoms with Crippen LogP contribution in [0.5, 0.6) is 0 Å². The first-order valence-electron chi connectivity index (χ1n) is 6.81. The number of aromatic nitrogens is 4. The van der Waals surface area contributed by atoms with Crippen LogP contribution < -0.4 is 5.32 Å². The maximum atomic E-state index is 4.63. The summed E-state index contributed by atoms with van der Waals surface area (Å²) < 4.78 is 1.84. The lowest BCUT2D eigenvalue weighted by Gasteiger charge is -2.05. The van der Waals surface area contributed by atoms with Gasteiger partial charge in [0.2, 0.25) is 0 Å². The van der Waals surface area contributed by atoms with E-state index in [1.165, 1.54) is 5.39 Å². The molecule has 0 unspecified atom stereocenters. The lowest BCUT2D eigenvalue weighted by molar-refractivity contribution is 0.528. The summed E-state index contributed by atoms with van der Waals surface area (Å²) in [5, 5.41) is 12.3.